The largest absolute Gasteiger partial charge is 0.495 e. The molecule has 2 rings (SSSR count). The van der Waals surface area contributed by atoms with E-state index in [1.54, 1.807) is 7.11 Å². The highest BCUT2D eigenvalue weighted by Gasteiger charge is 2.17. The third kappa shape index (κ3) is 2.49. The van der Waals surface area contributed by atoms with Crippen molar-refractivity contribution < 1.29 is 4.74 Å². The molecule has 0 amide bonds. The zero-order valence-corrected chi connectivity index (χ0v) is 10.4. The van der Waals surface area contributed by atoms with Gasteiger partial charge < -0.3 is 10.1 Å². The van der Waals surface area contributed by atoms with Crippen molar-refractivity contribution in [2.24, 2.45) is 0 Å². The molecule has 1 saturated heterocycles. The highest BCUT2D eigenvalue weighted by atomic mass is 79.9. The maximum Gasteiger partial charge on any atom is 0.136 e. The Morgan fingerprint density at radius 3 is 3.13 bits per heavy atom. The van der Waals surface area contributed by atoms with Crippen molar-refractivity contribution in [3.8, 4) is 5.75 Å². The summed E-state index contributed by atoms with van der Waals surface area (Å²) in [5.41, 5.74) is 1.13. The summed E-state index contributed by atoms with van der Waals surface area (Å²) in [5.74, 6) is 1.39. The molecular weight excluding hydrogens is 256 g/mol. The summed E-state index contributed by atoms with van der Waals surface area (Å²) in [4.78, 5) is 4.44. The summed E-state index contributed by atoms with van der Waals surface area (Å²) in [7, 11) is 1.68. The average molecular weight is 271 g/mol. The van der Waals surface area contributed by atoms with E-state index in [1.807, 2.05) is 12.3 Å². The first-order valence-electron chi connectivity index (χ1n) is 5.21. The molecule has 0 bridgehead atoms. The summed E-state index contributed by atoms with van der Waals surface area (Å²) in [6, 6.07) is 2.03. The zero-order valence-electron chi connectivity index (χ0n) is 8.79. The Balaban J connectivity index is 2.20. The molecule has 1 aromatic rings. The van der Waals surface area contributed by atoms with Crippen LogP contribution in [0.5, 0.6) is 5.75 Å². The molecular formula is C11H15BrN2O. The van der Waals surface area contributed by atoms with E-state index in [1.165, 1.54) is 12.8 Å². The molecule has 82 valence electrons. The topological polar surface area (TPSA) is 34.1 Å². The Bertz CT molecular complexity index is 337. The van der Waals surface area contributed by atoms with E-state index >= 15 is 0 Å². The van der Waals surface area contributed by atoms with Gasteiger partial charge in [-0.1, -0.05) is 0 Å². The van der Waals surface area contributed by atoms with Crippen molar-refractivity contribution in [1.29, 1.82) is 0 Å². The lowest BCUT2D eigenvalue weighted by molar-refractivity contribution is 0.406. The standard InChI is InChI=1S/C11H15BrN2O/c1-15-11-5-10(14-7-9(11)12)8-3-2-4-13-6-8/h5,7-8,13H,2-4,6H2,1H3. The number of halogens is 1. The van der Waals surface area contributed by atoms with Gasteiger partial charge in [-0.2, -0.15) is 0 Å². The summed E-state index contributed by atoms with van der Waals surface area (Å²) >= 11 is 3.41. The van der Waals surface area contributed by atoms with Crippen LogP contribution in [-0.2, 0) is 0 Å². The van der Waals surface area contributed by atoms with Crippen molar-refractivity contribution in [3.05, 3.63) is 22.4 Å². The number of aromatic nitrogens is 1. The number of pyridine rings is 1. The summed E-state index contributed by atoms with van der Waals surface area (Å²) in [5, 5.41) is 3.39. The van der Waals surface area contributed by atoms with Gasteiger partial charge in [0.25, 0.3) is 0 Å². The molecule has 3 nitrogen and oxygen atoms in total. The fourth-order valence-electron chi connectivity index (χ4n) is 1.92. The van der Waals surface area contributed by atoms with Crippen molar-refractivity contribution in [3.63, 3.8) is 0 Å². The minimum Gasteiger partial charge on any atom is -0.495 e. The Hall–Kier alpha value is -0.610. The Morgan fingerprint density at radius 1 is 1.60 bits per heavy atom. The number of hydrogen-bond acceptors (Lipinski definition) is 3. The van der Waals surface area contributed by atoms with Crippen molar-refractivity contribution in [2.75, 3.05) is 20.2 Å². The van der Waals surface area contributed by atoms with E-state index in [4.69, 9.17) is 4.74 Å². The number of hydrogen-bond donors (Lipinski definition) is 1. The fourth-order valence-corrected chi connectivity index (χ4v) is 2.30. The van der Waals surface area contributed by atoms with Crippen molar-refractivity contribution >= 4 is 15.9 Å². The van der Waals surface area contributed by atoms with Gasteiger partial charge in [0, 0.05) is 30.4 Å². The molecule has 0 aliphatic carbocycles. The summed E-state index contributed by atoms with van der Waals surface area (Å²) < 4.78 is 6.18. The first kappa shape index (κ1) is 10.9. The maximum atomic E-state index is 5.27. The molecule has 1 aromatic heterocycles. The molecule has 1 unspecified atom stereocenters. The Kier molecular flexibility index (Phi) is 3.59. The minimum absolute atomic E-state index is 0.528. The Morgan fingerprint density at radius 2 is 2.47 bits per heavy atom. The van der Waals surface area contributed by atoms with Gasteiger partial charge in [0.1, 0.15) is 5.75 Å². The van der Waals surface area contributed by atoms with Crippen molar-refractivity contribution in [1.82, 2.24) is 10.3 Å². The lowest BCUT2D eigenvalue weighted by Crippen LogP contribution is -2.28. The van der Waals surface area contributed by atoms with Crippen LogP contribution in [0.2, 0.25) is 0 Å². The van der Waals surface area contributed by atoms with Crippen LogP contribution in [0.25, 0.3) is 0 Å². The highest BCUT2D eigenvalue weighted by Crippen LogP contribution is 2.29. The number of piperidine rings is 1. The molecule has 15 heavy (non-hydrogen) atoms. The number of nitrogens with zero attached hydrogens (tertiary/aromatic N) is 1. The number of rotatable bonds is 2. The zero-order chi connectivity index (χ0) is 10.7. The van der Waals surface area contributed by atoms with Crippen LogP contribution in [0.4, 0.5) is 0 Å². The lowest BCUT2D eigenvalue weighted by Gasteiger charge is -2.22. The molecule has 0 radical (unpaired) electrons. The van der Waals surface area contributed by atoms with Gasteiger partial charge in [-0.25, -0.2) is 0 Å². The van der Waals surface area contributed by atoms with E-state index in [0.29, 0.717) is 5.92 Å². The average Bonchev–Trinajstić information content (AvgIpc) is 2.31. The third-order valence-electron chi connectivity index (χ3n) is 2.78. The molecule has 0 spiro atoms. The van der Waals surface area contributed by atoms with Crippen LogP contribution in [0.1, 0.15) is 24.5 Å². The quantitative estimate of drug-likeness (QED) is 0.896. The molecule has 4 heteroatoms. The minimum atomic E-state index is 0.528. The molecule has 2 heterocycles. The fraction of sp³-hybridized carbons (Fsp3) is 0.545. The first-order chi connectivity index (χ1) is 7.31. The second-order valence-corrected chi connectivity index (χ2v) is 4.64. The first-order valence-corrected chi connectivity index (χ1v) is 6.00. The van der Waals surface area contributed by atoms with E-state index in [2.05, 4.69) is 26.2 Å². The van der Waals surface area contributed by atoms with Crippen LogP contribution in [0.15, 0.2) is 16.7 Å². The number of ether oxygens (including phenoxy) is 1. The maximum absolute atomic E-state index is 5.27. The van der Waals surface area contributed by atoms with E-state index < -0.39 is 0 Å². The summed E-state index contributed by atoms with van der Waals surface area (Å²) in [6.07, 6.45) is 4.26. The van der Waals surface area contributed by atoms with Gasteiger partial charge in [0.15, 0.2) is 0 Å². The molecule has 1 fully saturated rings. The lowest BCUT2D eigenvalue weighted by atomic mass is 9.96. The molecule has 0 aromatic carbocycles. The SMILES string of the molecule is COc1cc(C2CCCNC2)ncc1Br. The van der Waals surface area contributed by atoms with Gasteiger partial charge in [0.05, 0.1) is 11.6 Å². The van der Waals surface area contributed by atoms with Gasteiger partial charge in [-0.05, 0) is 35.3 Å². The molecule has 1 aliphatic heterocycles. The van der Waals surface area contributed by atoms with Crippen LogP contribution in [0.3, 0.4) is 0 Å². The van der Waals surface area contributed by atoms with Crippen molar-refractivity contribution in [2.45, 2.75) is 18.8 Å². The van der Waals surface area contributed by atoms with Crippen LogP contribution >= 0.6 is 15.9 Å². The number of methoxy groups -OCH3 is 1. The molecule has 1 N–H and O–H groups in total. The number of nitrogens with one attached hydrogen (secondary N) is 1. The summed E-state index contributed by atoms with van der Waals surface area (Å²) in [6.45, 7) is 2.15. The van der Waals surface area contributed by atoms with Gasteiger partial charge in [-0.3, -0.25) is 4.98 Å². The monoisotopic (exact) mass is 270 g/mol. The van der Waals surface area contributed by atoms with Crippen LogP contribution in [0, 0.1) is 0 Å². The third-order valence-corrected chi connectivity index (χ3v) is 3.37. The van der Waals surface area contributed by atoms with Gasteiger partial charge >= 0.3 is 0 Å². The second-order valence-electron chi connectivity index (χ2n) is 3.79. The smallest absolute Gasteiger partial charge is 0.136 e. The van der Waals surface area contributed by atoms with E-state index in [-0.39, 0.29) is 0 Å². The van der Waals surface area contributed by atoms with Crippen LogP contribution < -0.4 is 10.1 Å². The molecule has 1 atom stereocenters. The second kappa shape index (κ2) is 4.94. The van der Waals surface area contributed by atoms with E-state index in [9.17, 15) is 0 Å². The van der Waals surface area contributed by atoms with Gasteiger partial charge in [0.2, 0.25) is 0 Å². The Labute approximate surface area is 98.4 Å². The normalized spacial score (nSPS) is 21.3. The van der Waals surface area contributed by atoms with Gasteiger partial charge in [-0.15, -0.1) is 0 Å². The van der Waals surface area contributed by atoms with E-state index in [0.717, 1.165) is 29.0 Å². The molecule has 1 aliphatic rings. The molecule has 0 saturated carbocycles. The van der Waals surface area contributed by atoms with Crippen LogP contribution in [-0.4, -0.2) is 25.2 Å². The highest BCUT2D eigenvalue weighted by molar-refractivity contribution is 9.10. The predicted molar refractivity (Wildman–Crippen MR) is 63.3 cm³/mol. The predicted octanol–water partition coefficient (Wildman–Crippen LogP) is 2.32.